The first-order valence-corrected chi connectivity index (χ1v) is 11.2. The van der Waals surface area contributed by atoms with Gasteiger partial charge in [-0.3, -0.25) is 19.4 Å². The standard InChI is InChI=1S/C19H37N7O6S/c1-4-9(2)13(17(30)26-14(10(3)27)18(31)32)25-16(29)12(8-33)24-15(28)11(20)6-5-7-23-19(21)22/h9-14,27,33H,4-8,20H2,1-3H3,(H,24,28)(H,25,29)(H,26,30)(H,31,32)(H4,21,22,23). The number of hydrogen-bond donors (Lipinski definition) is 9. The highest BCUT2D eigenvalue weighted by molar-refractivity contribution is 7.80. The number of thiol groups is 1. The van der Waals surface area contributed by atoms with Gasteiger partial charge < -0.3 is 43.4 Å². The summed E-state index contributed by atoms with van der Waals surface area (Å²) in [6, 6.07) is -4.64. The van der Waals surface area contributed by atoms with Crippen LogP contribution < -0.4 is 33.2 Å². The van der Waals surface area contributed by atoms with Crippen LogP contribution in [0.25, 0.3) is 0 Å². The highest BCUT2D eigenvalue weighted by Crippen LogP contribution is 2.10. The minimum absolute atomic E-state index is 0.0668. The van der Waals surface area contributed by atoms with Crippen molar-refractivity contribution in [2.45, 2.75) is 70.3 Å². The van der Waals surface area contributed by atoms with Crippen LogP contribution in [0.3, 0.4) is 0 Å². The van der Waals surface area contributed by atoms with E-state index in [9.17, 15) is 29.4 Å². The summed E-state index contributed by atoms with van der Waals surface area (Å²) in [5.41, 5.74) is 16.3. The van der Waals surface area contributed by atoms with Crippen LogP contribution in [0.4, 0.5) is 0 Å². The largest absolute Gasteiger partial charge is 0.480 e. The zero-order chi connectivity index (χ0) is 25.7. The molecule has 0 radical (unpaired) electrons. The molecule has 3 amide bonds. The van der Waals surface area contributed by atoms with Crippen molar-refractivity contribution in [2.24, 2.45) is 28.1 Å². The molecule has 0 spiro atoms. The summed E-state index contributed by atoms with van der Waals surface area (Å²) in [6.07, 6.45) is -0.132. The Labute approximate surface area is 198 Å². The molecule has 0 aliphatic carbocycles. The second-order valence-electron chi connectivity index (χ2n) is 7.74. The van der Waals surface area contributed by atoms with Gasteiger partial charge in [0.25, 0.3) is 0 Å². The van der Waals surface area contributed by atoms with Crippen LogP contribution in [-0.4, -0.2) is 82.4 Å². The number of rotatable bonds is 15. The average Bonchev–Trinajstić information content (AvgIpc) is 2.74. The molecule has 14 heteroatoms. The Morgan fingerprint density at radius 1 is 1.00 bits per heavy atom. The van der Waals surface area contributed by atoms with Crippen LogP contribution in [0.2, 0.25) is 0 Å². The van der Waals surface area contributed by atoms with E-state index < -0.39 is 54.0 Å². The number of nitrogens with one attached hydrogen (secondary N) is 3. The van der Waals surface area contributed by atoms with Crippen molar-refractivity contribution in [1.82, 2.24) is 16.0 Å². The molecule has 0 aromatic carbocycles. The number of hydrogen-bond acceptors (Lipinski definition) is 8. The maximum Gasteiger partial charge on any atom is 0.328 e. The maximum absolute atomic E-state index is 12.7. The van der Waals surface area contributed by atoms with Crippen LogP contribution in [0.1, 0.15) is 40.0 Å². The zero-order valence-electron chi connectivity index (χ0n) is 19.2. The molecule has 6 unspecified atom stereocenters. The Morgan fingerprint density at radius 2 is 1.58 bits per heavy atom. The maximum atomic E-state index is 12.7. The lowest BCUT2D eigenvalue weighted by atomic mass is 9.97. The second-order valence-corrected chi connectivity index (χ2v) is 8.10. The van der Waals surface area contributed by atoms with Crippen LogP contribution >= 0.6 is 12.6 Å². The summed E-state index contributed by atoms with van der Waals surface area (Å²) in [6.45, 7) is 5.02. The monoisotopic (exact) mass is 491 g/mol. The van der Waals surface area contributed by atoms with Crippen LogP contribution in [0.5, 0.6) is 0 Å². The molecule has 0 rings (SSSR count). The third kappa shape index (κ3) is 11.2. The molecule has 0 aromatic rings. The van der Waals surface area contributed by atoms with E-state index in [0.717, 1.165) is 0 Å². The highest BCUT2D eigenvalue weighted by atomic mass is 32.1. The number of aliphatic hydroxyl groups excluding tert-OH is 1. The first-order valence-electron chi connectivity index (χ1n) is 10.6. The predicted octanol–water partition coefficient (Wildman–Crippen LogP) is -2.74. The van der Waals surface area contributed by atoms with Gasteiger partial charge in [-0.15, -0.1) is 0 Å². The molecule has 33 heavy (non-hydrogen) atoms. The number of guanidine groups is 1. The van der Waals surface area contributed by atoms with Crippen LogP contribution in [0.15, 0.2) is 4.99 Å². The molecular formula is C19H37N7O6S. The number of carboxylic acid groups (broad SMARTS) is 1. The van der Waals surface area contributed by atoms with Crippen molar-refractivity contribution < 1.29 is 29.4 Å². The predicted molar refractivity (Wildman–Crippen MR) is 126 cm³/mol. The van der Waals surface area contributed by atoms with Crippen molar-refractivity contribution in [2.75, 3.05) is 12.3 Å². The topological polar surface area (TPSA) is 235 Å². The molecule has 0 aliphatic heterocycles. The fourth-order valence-electron chi connectivity index (χ4n) is 2.71. The number of carbonyl (C=O) groups excluding carboxylic acids is 3. The van der Waals surface area contributed by atoms with Gasteiger partial charge in [-0.2, -0.15) is 12.6 Å². The van der Waals surface area contributed by atoms with Gasteiger partial charge in [-0.25, -0.2) is 4.79 Å². The molecule has 13 nitrogen and oxygen atoms in total. The van der Waals surface area contributed by atoms with Gasteiger partial charge in [0, 0.05) is 12.3 Å². The van der Waals surface area contributed by atoms with E-state index in [1.807, 2.05) is 0 Å². The van der Waals surface area contributed by atoms with E-state index in [0.29, 0.717) is 19.4 Å². The number of nitrogens with two attached hydrogens (primary N) is 3. The lowest BCUT2D eigenvalue weighted by Gasteiger charge is -2.28. The van der Waals surface area contributed by atoms with Crippen molar-refractivity contribution in [3.63, 3.8) is 0 Å². The highest BCUT2D eigenvalue weighted by Gasteiger charge is 2.33. The minimum Gasteiger partial charge on any atom is -0.480 e. The van der Waals surface area contributed by atoms with Gasteiger partial charge in [0.1, 0.15) is 12.1 Å². The lowest BCUT2D eigenvalue weighted by Crippen LogP contribution is -2.60. The number of aliphatic imine (C=N–C) groups is 1. The molecule has 6 atom stereocenters. The summed E-state index contributed by atoms with van der Waals surface area (Å²) < 4.78 is 0. The van der Waals surface area contributed by atoms with E-state index in [1.165, 1.54) is 6.92 Å². The first-order chi connectivity index (χ1) is 15.3. The summed E-state index contributed by atoms with van der Waals surface area (Å²) in [5.74, 6) is -3.96. The molecule has 0 saturated heterocycles. The van der Waals surface area contributed by atoms with Gasteiger partial charge in [-0.05, 0) is 25.7 Å². The number of amides is 3. The van der Waals surface area contributed by atoms with Crippen molar-refractivity contribution >= 4 is 42.3 Å². The van der Waals surface area contributed by atoms with Crippen molar-refractivity contribution in [1.29, 1.82) is 0 Å². The van der Waals surface area contributed by atoms with Gasteiger partial charge in [0.15, 0.2) is 12.0 Å². The SMILES string of the molecule is CCC(C)C(NC(=O)C(CS)NC(=O)C(N)CCCN=C(N)N)C(=O)NC(C(=O)O)C(C)O. The number of carbonyl (C=O) groups is 4. The fourth-order valence-corrected chi connectivity index (χ4v) is 2.97. The van der Waals surface area contributed by atoms with E-state index >= 15 is 0 Å². The number of aliphatic carboxylic acids is 1. The van der Waals surface area contributed by atoms with Gasteiger partial charge in [0.05, 0.1) is 12.1 Å². The molecule has 0 aromatic heterocycles. The van der Waals surface area contributed by atoms with E-state index in [4.69, 9.17) is 17.2 Å². The third-order valence-corrected chi connectivity index (χ3v) is 5.32. The Balaban J connectivity index is 5.17. The summed E-state index contributed by atoms with van der Waals surface area (Å²) >= 11 is 4.09. The normalized spacial score (nSPS) is 16.3. The van der Waals surface area contributed by atoms with E-state index in [-0.39, 0.29) is 24.1 Å². The summed E-state index contributed by atoms with van der Waals surface area (Å²) in [4.78, 5) is 52.8. The van der Waals surface area contributed by atoms with Crippen LogP contribution in [0, 0.1) is 5.92 Å². The van der Waals surface area contributed by atoms with E-state index in [2.05, 4.69) is 33.6 Å². The number of aliphatic hydroxyl groups is 1. The van der Waals surface area contributed by atoms with Crippen LogP contribution in [-0.2, 0) is 19.2 Å². The number of carboxylic acids is 1. The van der Waals surface area contributed by atoms with Gasteiger partial charge in [-0.1, -0.05) is 20.3 Å². The minimum atomic E-state index is -1.54. The molecule has 0 fully saturated rings. The molecule has 0 heterocycles. The Morgan fingerprint density at radius 3 is 2.03 bits per heavy atom. The Bertz CT molecular complexity index is 702. The Kier molecular flexibility index (Phi) is 14.1. The molecule has 190 valence electrons. The quantitative estimate of drug-likeness (QED) is 0.0499. The third-order valence-electron chi connectivity index (χ3n) is 4.96. The molecular weight excluding hydrogens is 454 g/mol. The van der Waals surface area contributed by atoms with Crippen molar-refractivity contribution in [3.05, 3.63) is 0 Å². The molecule has 0 aliphatic rings. The Hall–Kier alpha value is -2.58. The van der Waals surface area contributed by atoms with Gasteiger partial charge in [0.2, 0.25) is 17.7 Å². The zero-order valence-corrected chi connectivity index (χ0v) is 20.0. The average molecular weight is 492 g/mol. The first kappa shape index (κ1) is 30.4. The van der Waals surface area contributed by atoms with E-state index in [1.54, 1.807) is 13.8 Å². The lowest BCUT2D eigenvalue weighted by molar-refractivity contribution is -0.145. The molecule has 0 bridgehead atoms. The number of nitrogens with zero attached hydrogens (tertiary/aromatic N) is 1. The van der Waals surface area contributed by atoms with Crippen molar-refractivity contribution in [3.8, 4) is 0 Å². The summed E-state index contributed by atoms with van der Waals surface area (Å²) in [7, 11) is 0. The summed E-state index contributed by atoms with van der Waals surface area (Å²) in [5, 5.41) is 26.0. The smallest absolute Gasteiger partial charge is 0.328 e. The second kappa shape index (κ2) is 15.3. The van der Waals surface area contributed by atoms with Gasteiger partial charge >= 0.3 is 5.97 Å². The molecule has 11 N–H and O–H groups in total. The fraction of sp³-hybridized carbons (Fsp3) is 0.737. The molecule has 0 saturated carbocycles.